The van der Waals surface area contributed by atoms with Gasteiger partial charge in [-0.2, -0.15) is 0 Å². The lowest BCUT2D eigenvalue weighted by molar-refractivity contribution is -0.147. The van der Waals surface area contributed by atoms with Crippen LogP contribution in [0.25, 0.3) is 11.5 Å². The molecule has 5 rings (SSSR count). The number of rotatable bonds is 3. The van der Waals surface area contributed by atoms with Gasteiger partial charge in [0.2, 0.25) is 17.7 Å². The normalized spacial score (nSPS) is 25.2. The van der Waals surface area contributed by atoms with Crippen LogP contribution in [0.1, 0.15) is 44.0 Å². The van der Waals surface area contributed by atoms with E-state index in [-0.39, 0.29) is 17.4 Å². The molecule has 1 amide bonds. The van der Waals surface area contributed by atoms with E-state index in [9.17, 15) is 4.79 Å². The number of hydrogen-bond donors (Lipinski definition) is 0. The molecule has 3 fully saturated rings. The molecule has 0 bridgehead atoms. The molecule has 3 heterocycles. The molecule has 2 saturated heterocycles. The summed E-state index contributed by atoms with van der Waals surface area (Å²) < 4.78 is 6.00. The summed E-state index contributed by atoms with van der Waals surface area (Å²) in [5.41, 5.74) is 1.14. The molecule has 1 unspecified atom stereocenters. The van der Waals surface area contributed by atoms with Crippen molar-refractivity contribution >= 4 is 5.91 Å². The Labute approximate surface area is 159 Å². The van der Waals surface area contributed by atoms with Gasteiger partial charge >= 0.3 is 0 Å². The molecule has 6 nitrogen and oxygen atoms in total. The van der Waals surface area contributed by atoms with Gasteiger partial charge in [-0.25, -0.2) is 0 Å². The first kappa shape index (κ1) is 16.9. The highest BCUT2D eigenvalue weighted by molar-refractivity contribution is 5.80. The van der Waals surface area contributed by atoms with Gasteiger partial charge in [-0.15, -0.1) is 10.2 Å². The van der Waals surface area contributed by atoms with E-state index in [2.05, 4.69) is 27.0 Å². The third kappa shape index (κ3) is 2.96. The molecule has 1 aromatic carbocycles. The van der Waals surface area contributed by atoms with Crippen molar-refractivity contribution in [2.45, 2.75) is 38.1 Å². The van der Waals surface area contributed by atoms with Crippen molar-refractivity contribution in [2.24, 2.45) is 11.3 Å². The smallest absolute Gasteiger partial charge is 0.247 e. The van der Waals surface area contributed by atoms with Crippen LogP contribution >= 0.6 is 0 Å². The van der Waals surface area contributed by atoms with Crippen LogP contribution in [-0.2, 0) is 4.79 Å². The van der Waals surface area contributed by atoms with E-state index < -0.39 is 0 Å². The van der Waals surface area contributed by atoms with Crippen molar-refractivity contribution < 1.29 is 9.21 Å². The van der Waals surface area contributed by atoms with E-state index in [0.717, 1.165) is 44.5 Å². The predicted molar refractivity (Wildman–Crippen MR) is 101 cm³/mol. The van der Waals surface area contributed by atoms with Crippen LogP contribution in [0.5, 0.6) is 0 Å². The zero-order valence-corrected chi connectivity index (χ0v) is 15.8. The lowest BCUT2D eigenvalue weighted by atomic mass is 9.77. The molecule has 142 valence electrons. The summed E-state index contributed by atoms with van der Waals surface area (Å²) in [5, 5.41) is 8.57. The summed E-state index contributed by atoms with van der Waals surface area (Å²) in [5.74, 6) is 1.93. The largest absolute Gasteiger partial charge is 0.419 e. The molecule has 0 radical (unpaired) electrons. The Morgan fingerprint density at radius 2 is 1.85 bits per heavy atom. The van der Waals surface area contributed by atoms with Crippen molar-refractivity contribution in [1.29, 1.82) is 0 Å². The number of carbonyl (C=O) groups is 1. The number of likely N-dealkylation sites (tertiary alicyclic amines) is 2. The third-order valence-electron chi connectivity index (χ3n) is 6.56. The van der Waals surface area contributed by atoms with Gasteiger partial charge in [0.15, 0.2) is 0 Å². The van der Waals surface area contributed by atoms with Gasteiger partial charge in [-0.3, -0.25) is 9.69 Å². The fourth-order valence-corrected chi connectivity index (χ4v) is 5.19. The molecule has 0 N–H and O–H groups in total. The summed E-state index contributed by atoms with van der Waals surface area (Å²) >= 11 is 0. The van der Waals surface area contributed by atoms with Crippen LogP contribution in [0.15, 0.2) is 34.7 Å². The Bertz CT molecular complexity index is 822. The summed E-state index contributed by atoms with van der Waals surface area (Å²) in [7, 11) is 2.12. The Balaban J connectivity index is 1.26. The lowest BCUT2D eigenvalue weighted by Gasteiger charge is -2.49. The van der Waals surface area contributed by atoms with Crippen molar-refractivity contribution in [3.63, 3.8) is 0 Å². The van der Waals surface area contributed by atoms with Gasteiger partial charge in [0.25, 0.3) is 0 Å². The van der Waals surface area contributed by atoms with Crippen molar-refractivity contribution in [3.05, 3.63) is 36.2 Å². The Hall–Kier alpha value is -2.21. The lowest BCUT2D eigenvalue weighted by Crippen LogP contribution is -2.60. The van der Waals surface area contributed by atoms with Gasteiger partial charge in [-0.05, 0) is 38.4 Å². The molecule has 2 aliphatic heterocycles. The minimum Gasteiger partial charge on any atom is -0.419 e. The molecule has 6 heteroatoms. The van der Waals surface area contributed by atoms with E-state index in [0.29, 0.717) is 17.7 Å². The van der Waals surface area contributed by atoms with Gasteiger partial charge < -0.3 is 9.32 Å². The van der Waals surface area contributed by atoms with Crippen molar-refractivity contribution in [3.8, 4) is 11.5 Å². The van der Waals surface area contributed by atoms with E-state index in [4.69, 9.17) is 4.42 Å². The fraction of sp³-hybridized carbons (Fsp3) is 0.571. The molecule has 27 heavy (non-hydrogen) atoms. The maximum absolute atomic E-state index is 12.6. The second-order valence-electron chi connectivity index (χ2n) is 8.62. The SMILES string of the molecule is CN1CC2(CC1c1nnc(-c3ccccc3)o1)CN(C(=O)C1CCCC1)C2. The number of hydrogen-bond acceptors (Lipinski definition) is 5. The average Bonchev–Trinajstić information content (AvgIpc) is 3.40. The predicted octanol–water partition coefficient (Wildman–Crippen LogP) is 3.13. The van der Waals surface area contributed by atoms with E-state index in [1.165, 1.54) is 12.8 Å². The van der Waals surface area contributed by atoms with E-state index >= 15 is 0 Å². The number of carbonyl (C=O) groups excluding carboxylic acids is 1. The van der Waals surface area contributed by atoms with Gasteiger partial charge in [0, 0.05) is 36.5 Å². The van der Waals surface area contributed by atoms with Crippen LogP contribution in [0, 0.1) is 11.3 Å². The van der Waals surface area contributed by atoms with E-state index in [1.807, 2.05) is 30.3 Å². The second-order valence-corrected chi connectivity index (χ2v) is 8.62. The van der Waals surface area contributed by atoms with Crippen LogP contribution in [0.4, 0.5) is 0 Å². The monoisotopic (exact) mass is 366 g/mol. The minimum absolute atomic E-state index is 0.138. The molecule has 1 spiro atoms. The zero-order valence-electron chi connectivity index (χ0n) is 15.8. The first-order valence-electron chi connectivity index (χ1n) is 10.0. The van der Waals surface area contributed by atoms with Gasteiger partial charge in [-0.1, -0.05) is 31.0 Å². The average molecular weight is 366 g/mol. The zero-order chi connectivity index (χ0) is 18.4. The molecule has 1 aromatic heterocycles. The quantitative estimate of drug-likeness (QED) is 0.835. The molecule has 2 aromatic rings. The van der Waals surface area contributed by atoms with Crippen molar-refractivity contribution in [1.82, 2.24) is 20.0 Å². The first-order valence-corrected chi connectivity index (χ1v) is 10.0. The highest BCUT2D eigenvalue weighted by Gasteiger charge is 2.53. The highest BCUT2D eigenvalue weighted by Crippen LogP contribution is 2.48. The number of aromatic nitrogens is 2. The Morgan fingerprint density at radius 3 is 2.59 bits per heavy atom. The van der Waals surface area contributed by atoms with Crippen molar-refractivity contribution in [2.75, 3.05) is 26.7 Å². The summed E-state index contributed by atoms with van der Waals surface area (Å²) in [4.78, 5) is 17.0. The first-order chi connectivity index (χ1) is 13.1. The Morgan fingerprint density at radius 1 is 1.11 bits per heavy atom. The van der Waals surface area contributed by atoms with Crippen LogP contribution in [0.3, 0.4) is 0 Å². The number of amides is 1. The Kier molecular flexibility index (Phi) is 4.04. The summed E-state index contributed by atoms with van der Waals surface area (Å²) in [6.45, 7) is 2.74. The summed E-state index contributed by atoms with van der Waals surface area (Å²) in [6, 6.07) is 10.0. The minimum atomic E-state index is 0.138. The standard InChI is InChI=1S/C21H26N4O2/c1-24-12-21(13-25(14-21)20(26)16-9-5-6-10-16)11-17(24)19-23-22-18(27-19)15-7-3-2-4-8-15/h2-4,7-8,16-17H,5-6,9-14H2,1H3. The van der Waals surface area contributed by atoms with Crippen LogP contribution in [0.2, 0.25) is 0 Å². The maximum Gasteiger partial charge on any atom is 0.247 e. The molecular weight excluding hydrogens is 340 g/mol. The molecule has 3 aliphatic rings. The fourth-order valence-electron chi connectivity index (χ4n) is 5.19. The van der Waals surface area contributed by atoms with Gasteiger partial charge in [0.1, 0.15) is 0 Å². The van der Waals surface area contributed by atoms with Crippen LogP contribution in [-0.4, -0.2) is 52.6 Å². The highest BCUT2D eigenvalue weighted by atomic mass is 16.4. The van der Waals surface area contributed by atoms with Crippen LogP contribution < -0.4 is 0 Å². The molecular formula is C21H26N4O2. The summed E-state index contributed by atoms with van der Waals surface area (Å²) in [6.07, 6.45) is 5.56. The van der Waals surface area contributed by atoms with Gasteiger partial charge in [0.05, 0.1) is 6.04 Å². The van der Waals surface area contributed by atoms with E-state index in [1.54, 1.807) is 0 Å². The molecule has 1 saturated carbocycles. The topological polar surface area (TPSA) is 62.5 Å². The number of nitrogens with zero attached hydrogens (tertiary/aromatic N) is 4. The third-order valence-corrected chi connectivity index (χ3v) is 6.56. The second kappa shape index (κ2) is 6.44. The maximum atomic E-state index is 12.6. The molecule has 1 atom stereocenters. The number of benzene rings is 1. The molecule has 1 aliphatic carbocycles.